The van der Waals surface area contributed by atoms with Crippen LogP contribution in [0, 0.1) is 0 Å². The number of rotatable bonds is 7. The van der Waals surface area contributed by atoms with Crippen LogP contribution in [0.25, 0.3) is 0 Å². The maximum absolute atomic E-state index is 11.8. The molecular formula is C18H16BrN5O3. The topological polar surface area (TPSA) is 112 Å². The first kappa shape index (κ1) is 18.6. The monoisotopic (exact) mass is 429 g/mol. The summed E-state index contributed by atoms with van der Waals surface area (Å²) in [6.45, 7) is -0.365. The number of halogens is 1. The third kappa shape index (κ3) is 5.93. The summed E-state index contributed by atoms with van der Waals surface area (Å²) in [7, 11) is 0. The van der Waals surface area contributed by atoms with Crippen LogP contribution in [0.2, 0.25) is 0 Å². The molecule has 2 aromatic carbocycles. The minimum atomic E-state index is -0.547. The quantitative estimate of drug-likeness (QED) is 0.550. The van der Waals surface area contributed by atoms with Gasteiger partial charge in [-0.05, 0) is 36.4 Å². The molecule has 0 aliphatic carbocycles. The largest absolute Gasteiger partial charge is 0.482 e. The fraction of sp³-hybridized carbons (Fsp3) is 0.111. The summed E-state index contributed by atoms with van der Waals surface area (Å²) in [5.41, 5.74) is 6.50. The number of benzene rings is 2. The van der Waals surface area contributed by atoms with Crippen molar-refractivity contribution in [2.45, 2.75) is 6.61 Å². The summed E-state index contributed by atoms with van der Waals surface area (Å²) < 4.78 is 11.4. The molecule has 0 atom stereocenters. The first-order chi connectivity index (χ1) is 13.1. The van der Waals surface area contributed by atoms with E-state index in [9.17, 15) is 4.79 Å². The second-order valence-electron chi connectivity index (χ2n) is 5.33. The number of carbonyl (C=O) groups is 1. The van der Waals surface area contributed by atoms with Crippen LogP contribution in [-0.4, -0.2) is 27.5 Å². The highest BCUT2D eigenvalue weighted by Gasteiger charge is 2.09. The number of para-hydroxylation sites is 1. The Kier molecular flexibility index (Phi) is 6.16. The number of esters is 1. The van der Waals surface area contributed by atoms with Gasteiger partial charge in [-0.3, -0.25) is 0 Å². The maximum Gasteiger partial charge on any atom is 0.344 e. The van der Waals surface area contributed by atoms with Crippen LogP contribution in [0.3, 0.4) is 0 Å². The number of ether oxygens (including phenoxy) is 2. The summed E-state index contributed by atoms with van der Waals surface area (Å²) in [4.78, 5) is 24.0. The zero-order valence-corrected chi connectivity index (χ0v) is 15.7. The van der Waals surface area contributed by atoms with Crippen molar-refractivity contribution in [3.8, 4) is 5.75 Å². The van der Waals surface area contributed by atoms with Gasteiger partial charge < -0.3 is 20.5 Å². The predicted molar refractivity (Wildman–Crippen MR) is 103 cm³/mol. The maximum atomic E-state index is 11.8. The third-order valence-corrected chi connectivity index (χ3v) is 3.79. The Balaban J connectivity index is 1.54. The van der Waals surface area contributed by atoms with Crippen LogP contribution in [0.15, 0.2) is 59.1 Å². The van der Waals surface area contributed by atoms with E-state index in [2.05, 4.69) is 36.2 Å². The molecule has 8 nitrogen and oxygen atoms in total. The average Bonchev–Trinajstić information content (AvgIpc) is 2.66. The van der Waals surface area contributed by atoms with Crippen molar-refractivity contribution >= 4 is 39.5 Å². The molecule has 0 saturated heterocycles. The summed E-state index contributed by atoms with van der Waals surface area (Å²) >= 11 is 3.33. The van der Waals surface area contributed by atoms with Gasteiger partial charge in [0.2, 0.25) is 11.9 Å². The molecule has 0 fully saturated rings. The lowest BCUT2D eigenvalue weighted by atomic mass is 10.3. The molecule has 0 bridgehead atoms. The van der Waals surface area contributed by atoms with E-state index >= 15 is 0 Å². The molecule has 0 saturated carbocycles. The van der Waals surface area contributed by atoms with Crippen molar-refractivity contribution < 1.29 is 14.3 Å². The van der Waals surface area contributed by atoms with Gasteiger partial charge in [0.15, 0.2) is 19.0 Å². The highest BCUT2D eigenvalue weighted by molar-refractivity contribution is 9.10. The predicted octanol–water partition coefficient (Wildman–Crippen LogP) is 3.08. The van der Waals surface area contributed by atoms with Crippen molar-refractivity contribution in [1.29, 1.82) is 0 Å². The highest BCUT2D eigenvalue weighted by Crippen LogP contribution is 2.16. The number of nitrogens with one attached hydrogen (secondary N) is 1. The summed E-state index contributed by atoms with van der Waals surface area (Å²) in [5, 5.41) is 3.01. The van der Waals surface area contributed by atoms with Gasteiger partial charge in [-0.25, -0.2) is 4.79 Å². The van der Waals surface area contributed by atoms with Crippen molar-refractivity contribution in [1.82, 2.24) is 15.0 Å². The molecule has 138 valence electrons. The summed E-state index contributed by atoms with van der Waals surface area (Å²) in [6.07, 6.45) is 0. The molecular weight excluding hydrogens is 414 g/mol. The molecule has 3 rings (SSSR count). The number of anilines is 3. The van der Waals surface area contributed by atoms with E-state index in [1.54, 1.807) is 12.1 Å². The van der Waals surface area contributed by atoms with Crippen molar-refractivity contribution in [3.05, 3.63) is 64.9 Å². The molecule has 3 N–H and O–H groups in total. The SMILES string of the molecule is Nc1nc(COC(=O)COc2ccc(Br)cc2)nc(Nc2ccccc2)n1. The molecule has 9 heteroatoms. The van der Waals surface area contributed by atoms with Gasteiger partial charge in [-0.1, -0.05) is 34.1 Å². The lowest BCUT2D eigenvalue weighted by Gasteiger charge is -2.09. The van der Waals surface area contributed by atoms with Crippen LogP contribution in [0.4, 0.5) is 17.6 Å². The number of nitrogens with zero attached hydrogens (tertiary/aromatic N) is 3. The van der Waals surface area contributed by atoms with Gasteiger partial charge in [-0.2, -0.15) is 15.0 Å². The molecule has 0 aliphatic heterocycles. The van der Waals surface area contributed by atoms with Gasteiger partial charge >= 0.3 is 5.97 Å². The first-order valence-corrected chi connectivity index (χ1v) is 8.74. The number of hydrogen-bond donors (Lipinski definition) is 2. The zero-order valence-electron chi connectivity index (χ0n) is 14.1. The normalized spacial score (nSPS) is 10.3. The summed E-state index contributed by atoms with van der Waals surface area (Å²) in [6, 6.07) is 16.5. The second-order valence-corrected chi connectivity index (χ2v) is 6.24. The third-order valence-electron chi connectivity index (χ3n) is 3.26. The number of aromatic nitrogens is 3. The average molecular weight is 430 g/mol. The molecule has 0 radical (unpaired) electrons. The van der Waals surface area contributed by atoms with Gasteiger partial charge in [0, 0.05) is 10.2 Å². The minimum absolute atomic E-state index is 0.0283. The zero-order chi connectivity index (χ0) is 19.1. The standard InChI is InChI=1S/C18H16BrN5O3/c19-12-6-8-14(9-7-12)26-11-16(25)27-10-15-22-17(20)24-18(23-15)21-13-4-2-1-3-5-13/h1-9H,10-11H2,(H3,20,21,22,23,24). The Morgan fingerprint density at radius 2 is 1.78 bits per heavy atom. The second kappa shape index (κ2) is 8.95. The Labute approximate surface area is 163 Å². The minimum Gasteiger partial charge on any atom is -0.482 e. The number of nitrogen functional groups attached to an aromatic ring is 1. The van der Waals surface area contributed by atoms with Crippen molar-refractivity contribution in [2.24, 2.45) is 0 Å². The molecule has 0 spiro atoms. The number of nitrogens with two attached hydrogens (primary N) is 1. The van der Waals surface area contributed by atoms with Crippen LogP contribution >= 0.6 is 15.9 Å². The molecule has 27 heavy (non-hydrogen) atoms. The van der Waals surface area contributed by atoms with E-state index < -0.39 is 5.97 Å². The van der Waals surface area contributed by atoms with E-state index in [-0.39, 0.29) is 30.9 Å². The van der Waals surface area contributed by atoms with E-state index in [0.717, 1.165) is 10.2 Å². The van der Waals surface area contributed by atoms with Gasteiger partial charge in [0.1, 0.15) is 5.75 Å². The van der Waals surface area contributed by atoms with E-state index in [0.29, 0.717) is 5.75 Å². The Morgan fingerprint density at radius 1 is 1.04 bits per heavy atom. The molecule has 1 aromatic heterocycles. The Morgan fingerprint density at radius 3 is 2.52 bits per heavy atom. The highest BCUT2D eigenvalue weighted by atomic mass is 79.9. The van der Waals surface area contributed by atoms with Gasteiger partial charge in [-0.15, -0.1) is 0 Å². The van der Waals surface area contributed by atoms with Gasteiger partial charge in [0.25, 0.3) is 0 Å². The van der Waals surface area contributed by atoms with E-state index in [1.807, 2.05) is 42.5 Å². The smallest absolute Gasteiger partial charge is 0.344 e. The van der Waals surface area contributed by atoms with Crippen LogP contribution in [0.5, 0.6) is 5.75 Å². The number of hydrogen-bond acceptors (Lipinski definition) is 8. The lowest BCUT2D eigenvalue weighted by molar-refractivity contribution is -0.147. The number of carbonyl (C=O) groups excluding carboxylic acids is 1. The fourth-order valence-electron chi connectivity index (χ4n) is 2.07. The van der Waals surface area contributed by atoms with Crippen LogP contribution < -0.4 is 15.8 Å². The molecule has 3 aromatic rings. The Bertz CT molecular complexity index is 907. The first-order valence-electron chi connectivity index (χ1n) is 7.95. The molecule has 1 heterocycles. The van der Waals surface area contributed by atoms with Crippen LogP contribution in [-0.2, 0) is 16.1 Å². The molecule has 0 amide bonds. The Hall–Kier alpha value is -3.20. The van der Waals surface area contributed by atoms with E-state index in [4.69, 9.17) is 15.2 Å². The molecule has 0 unspecified atom stereocenters. The molecule has 0 aliphatic rings. The van der Waals surface area contributed by atoms with Gasteiger partial charge in [0.05, 0.1) is 0 Å². The van der Waals surface area contributed by atoms with Crippen molar-refractivity contribution in [2.75, 3.05) is 17.7 Å². The van der Waals surface area contributed by atoms with Crippen molar-refractivity contribution in [3.63, 3.8) is 0 Å². The lowest BCUT2D eigenvalue weighted by Crippen LogP contribution is -2.16. The fourth-order valence-corrected chi connectivity index (χ4v) is 2.33. The van der Waals surface area contributed by atoms with E-state index in [1.165, 1.54) is 0 Å². The summed E-state index contributed by atoms with van der Waals surface area (Å²) in [5.74, 6) is 0.549. The van der Waals surface area contributed by atoms with Crippen LogP contribution in [0.1, 0.15) is 5.82 Å².